The molecular weight excluding hydrogens is 448 g/mol. The Morgan fingerprint density at radius 2 is 1.69 bits per heavy atom. The molecule has 0 N–H and O–H groups in total. The van der Waals surface area contributed by atoms with Gasteiger partial charge in [-0.25, -0.2) is 0 Å². The van der Waals surface area contributed by atoms with Crippen molar-refractivity contribution in [3.63, 3.8) is 0 Å². The number of benzene rings is 1. The van der Waals surface area contributed by atoms with Crippen LogP contribution in [0.3, 0.4) is 0 Å². The minimum absolute atomic E-state index is 0.136. The topological polar surface area (TPSA) is 90.5 Å². The Bertz CT molecular complexity index is 871. The highest BCUT2D eigenvalue weighted by Crippen LogP contribution is 2.17. The molecule has 9 heteroatoms. The lowest BCUT2D eigenvalue weighted by Gasteiger charge is -2.28. The zero-order chi connectivity index (χ0) is 26.0. The van der Waals surface area contributed by atoms with Gasteiger partial charge in [0.2, 0.25) is 23.6 Å². The number of hydrogen-bond acceptors (Lipinski definition) is 6. The van der Waals surface area contributed by atoms with Crippen LogP contribution in [0.1, 0.15) is 38.7 Å². The molecule has 1 aromatic carbocycles. The van der Waals surface area contributed by atoms with Gasteiger partial charge in [0, 0.05) is 59.0 Å². The highest BCUT2D eigenvalue weighted by atomic mass is 16.5. The van der Waals surface area contributed by atoms with E-state index in [-0.39, 0.29) is 36.5 Å². The molecule has 1 heterocycles. The molecule has 0 unspecified atom stereocenters. The van der Waals surface area contributed by atoms with Crippen LogP contribution in [0, 0.1) is 5.92 Å². The van der Waals surface area contributed by atoms with Gasteiger partial charge in [0.25, 0.3) is 0 Å². The van der Waals surface area contributed by atoms with Crippen molar-refractivity contribution in [1.82, 2.24) is 14.7 Å². The van der Waals surface area contributed by atoms with Crippen LogP contribution in [0.4, 0.5) is 5.69 Å². The van der Waals surface area contributed by atoms with Gasteiger partial charge in [0.1, 0.15) is 6.42 Å². The van der Waals surface area contributed by atoms with Crippen molar-refractivity contribution in [2.45, 2.75) is 39.5 Å². The first-order valence-corrected chi connectivity index (χ1v) is 12.3. The molecule has 1 saturated heterocycles. The molecule has 1 aliphatic rings. The summed E-state index contributed by atoms with van der Waals surface area (Å²) < 4.78 is 5.64. The molecule has 0 aromatic heterocycles. The van der Waals surface area contributed by atoms with Crippen LogP contribution >= 0.6 is 0 Å². The molecule has 1 fully saturated rings. The van der Waals surface area contributed by atoms with E-state index < -0.39 is 0 Å². The van der Waals surface area contributed by atoms with Gasteiger partial charge in [-0.05, 0) is 37.1 Å². The molecule has 0 bridgehead atoms. The zero-order valence-electron chi connectivity index (χ0n) is 21.8. The van der Waals surface area contributed by atoms with E-state index in [9.17, 15) is 19.2 Å². The number of amides is 4. The van der Waals surface area contributed by atoms with Crippen LogP contribution in [0.25, 0.3) is 0 Å². The van der Waals surface area contributed by atoms with Crippen molar-refractivity contribution in [2.75, 3.05) is 65.4 Å². The summed E-state index contributed by atoms with van der Waals surface area (Å²) in [6.07, 6.45) is 1.27. The Balaban J connectivity index is 1.68. The minimum Gasteiger partial charge on any atom is -0.380 e. The number of carbonyl (C=O) groups is 4. The van der Waals surface area contributed by atoms with Crippen molar-refractivity contribution in [3.05, 3.63) is 29.8 Å². The average molecular weight is 489 g/mol. The maximum atomic E-state index is 12.6. The van der Waals surface area contributed by atoms with Crippen LogP contribution in [0.15, 0.2) is 24.3 Å². The smallest absolute Gasteiger partial charge is 0.236 e. The van der Waals surface area contributed by atoms with Gasteiger partial charge in [-0.15, -0.1) is 0 Å². The highest BCUT2D eigenvalue weighted by molar-refractivity contribution is 6.04. The van der Waals surface area contributed by atoms with Gasteiger partial charge in [-0.3, -0.25) is 24.1 Å². The van der Waals surface area contributed by atoms with Crippen LogP contribution < -0.4 is 4.90 Å². The molecule has 0 aliphatic carbocycles. The molecular formula is C26H40N4O5. The predicted molar refractivity (Wildman–Crippen MR) is 135 cm³/mol. The molecule has 9 nitrogen and oxygen atoms in total. The number of likely N-dealkylation sites (N-methyl/N-ethyl adjacent to an activating group) is 1. The molecule has 1 aromatic rings. The van der Waals surface area contributed by atoms with Crippen LogP contribution in [-0.2, 0) is 30.3 Å². The summed E-state index contributed by atoms with van der Waals surface area (Å²) in [5.41, 5.74) is 1.40. The maximum absolute atomic E-state index is 12.6. The number of carbonyl (C=O) groups excluding carboxylic acids is 4. The first kappa shape index (κ1) is 28.5. The van der Waals surface area contributed by atoms with Crippen molar-refractivity contribution >= 4 is 29.3 Å². The molecule has 0 spiro atoms. The van der Waals surface area contributed by atoms with Gasteiger partial charge in [-0.2, -0.15) is 0 Å². The average Bonchev–Trinajstić information content (AvgIpc) is 2.79. The highest BCUT2D eigenvalue weighted by Gasteiger charge is 2.29. The molecule has 194 valence electrons. The van der Waals surface area contributed by atoms with Crippen molar-refractivity contribution in [2.24, 2.45) is 5.92 Å². The zero-order valence-corrected chi connectivity index (χ0v) is 21.8. The molecule has 0 radical (unpaired) electrons. The Labute approximate surface area is 209 Å². The number of anilines is 1. The maximum Gasteiger partial charge on any atom is 0.236 e. The summed E-state index contributed by atoms with van der Waals surface area (Å²) >= 11 is 0. The summed E-state index contributed by atoms with van der Waals surface area (Å²) in [4.78, 5) is 55.0. The number of hydrogen-bond donors (Lipinski definition) is 0. The van der Waals surface area contributed by atoms with E-state index in [4.69, 9.17) is 4.74 Å². The van der Waals surface area contributed by atoms with E-state index in [0.29, 0.717) is 44.3 Å². The SMILES string of the molecule is CC(C)CN(C)CCCOCCN(C)C(=O)CC(=O)N(C)c1ccc(CC(=O)N2CCC2=O)cc1. The third kappa shape index (κ3) is 9.41. The van der Waals surface area contributed by atoms with Crippen LogP contribution in [-0.4, -0.2) is 98.9 Å². The monoisotopic (exact) mass is 488 g/mol. The number of ether oxygens (including phenoxy) is 1. The quantitative estimate of drug-likeness (QED) is 0.225. The Morgan fingerprint density at radius 1 is 1.00 bits per heavy atom. The number of β-lactam (4-membered cyclic amide) rings is 1. The number of imide groups is 1. The van der Waals surface area contributed by atoms with Crippen molar-refractivity contribution < 1.29 is 23.9 Å². The Hall–Kier alpha value is -2.78. The summed E-state index contributed by atoms with van der Waals surface area (Å²) in [5.74, 6) is -0.285. The van der Waals surface area contributed by atoms with E-state index in [1.165, 1.54) is 14.7 Å². The second-order valence-electron chi connectivity index (χ2n) is 9.60. The number of likely N-dealkylation sites (tertiary alicyclic amines) is 1. The standard InChI is InChI=1S/C26H40N4O5/c1-20(2)19-27(3)12-6-15-35-16-14-28(4)24(32)18-25(33)29(5)22-9-7-21(8-10-22)17-26(34)30-13-11-23(30)31/h7-10,20H,6,11-19H2,1-5H3. The van der Waals surface area contributed by atoms with Gasteiger partial charge in [-0.1, -0.05) is 26.0 Å². The summed E-state index contributed by atoms with van der Waals surface area (Å²) in [5, 5.41) is 0. The van der Waals surface area contributed by atoms with Crippen molar-refractivity contribution in [3.8, 4) is 0 Å². The molecule has 1 aliphatic heterocycles. The van der Waals surface area contributed by atoms with E-state index in [1.807, 2.05) is 0 Å². The molecule has 0 atom stereocenters. The second kappa shape index (κ2) is 13.9. The van der Waals surface area contributed by atoms with Crippen LogP contribution in [0.5, 0.6) is 0 Å². The Morgan fingerprint density at radius 3 is 2.26 bits per heavy atom. The predicted octanol–water partition coefficient (Wildman–Crippen LogP) is 1.79. The Kier molecular flexibility index (Phi) is 11.3. The van der Waals surface area contributed by atoms with Gasteiger partial charge >= 0.3 is 0 Å². The normalized spacial score (nSPS) is 13.2. The van der Waals surface area contributed by atoms with Gasteiger partial charge in [0.15, 0.2) is 0 Å². The summed E-state index contributed by atoms with van der Waals surface area (Å²) in [7, 11) is 5.39. The number of rotatable bonds is 14. The first-order chi connectivity index (χ1) is 16.6. The molecule has 2 rings (SSSR count). The molecule has 35 heavy (non-hydrogen) atoms. The fourth-order valence-electron chi connectivity index (χ4n) is 3.79. The third-order valence-corrected chi connectivity index (χ3v) is 6.01. The van der Waals surface area contributed by atoms with Crippen LogP contribution in [0.2, 0.25) is 0 Å². The van der Waals surface area contributed by atoms with E-state index in [0.717, 1.165) is 25.1 Å². The lowest BCUT2D eigenvalue weighted by molar-refractivity contribution is -0.152. The largest absolute Gasteiger partial charge is 0.380 e. The van der Waals surface area contributed by atoms with Crippen molar-refractivity contribution in [1.29, 1.82) is 0 Å². The third-order valence-electron chi connectivity index (χ3n) is 6.01. The molecule has 0 saturated carbocycles. The number of nitrogens with zero attached hydrogens (tertiary/aromatic N) is 4. The summed E-state index contributed by atoms with van der Waals surface area (Å²) in [6.45, 7) is 8.42. The fraction of sp³-hybridized carbons (Fsp3) is 0.615. The van der Waals surface area contributed by atoms with Gasteiger partial charge in [0.05, 0.1) is 13.0 Å². The fourth-order valence-corrected chi connectivity index (χ4v) is 3.79. The minimum atomic E-state index is -0.314. The second-order valence-corrected chi connectivity index (χ2v) is 9.60. The molecule has 4 amide bonds. The first-order valence-electron chi connectivity index (χ1n) is 12.3. The van der Waals surface area contributed by atoms with Gasteiger partial charge < -0.3 is 19.4 Å². The van der Waals surface area contributed by atoms with E-state index in [1.54, 1.807) is 38.4 Å². The lowest BCUT2D eigenvalue weighted by atomic mass is 10.1. The van der Waals surface area contributed by atoms with E-state index in [2.05, 4.69) is 25.8 Å². The summed E-state index contributed by atoms with van der Waals surface area (Å²) in [6, 6.07) is 6.98. The van der Waals surface area contributed by atoms with E-state index >= 15 is 0 Å². The lowest BCUT2D eigenvalue weighted by Crippen LogP contribution is -2.48.